The highest BCUT2D eigenvalue weighted by Gasteiger charge is 2.27. The summed E-state index contributed by atoms with van der Waals surface area (Å²) >= 11 is 0. The third kappa shape index (κ3) is 7.05. The Labute approximate surface area is 186 Å². The normalized spacial score (nSPS) is 12.2. The topological polar surface area (TPSA) is 145 Å². The van der Waals surface area contributed by atoms with Crippen LogP contribution in [0.5, 0.6) is 0 Å². The smallest absolute Gasteiger partial charge is 0.308 e. The molecule has 0 spiro atoms. The highest BCUT2D eigenvalue weighted by atomic mass is 32.2. The molecule has 0 aliphatic rings. The maximum Gasteiger partial charge on any atom is 0.308 e. The number of amides is 1. The summed E-state index contributed by atoms with van der Waals surface area (Å²) in [6, 6.07) is 9.15. The molecule has 0 aromatic heterocycles. The van der Waals surface area contributed by atoms with Crippen molar-refractivity contribution in [3.8, 4) is 0 Å². The molecule has 2 rings (SSSR count). The number of nitrogens with one attached hydrogen (secondary N) is 2. The van der Waals surface area contributed by atoms with Crippen LogP contribution in [0.15, 0.2) is 42.5 Å². The lowest BCUT2D eigenvalue weighted by atomic mass is 10.0. The summed E-state index contributed by atoms with van der Waals surface area (Å²) in [7, 11) is -3.57. The van der Waals surface area contributed by atoms with Crippen LogP contribution < -0.4 is 10.0 Å². The van der Waals surface area contributed by atoms with Crippen LogP contribution in [0.3, 0.4) is 0 Å². The van der Waals surface area contributed by atoms with E-state index in [1.54, 1.807) is 32.9 Å². The highest BCUT2D eigenvalue weighted by Crippen LogP contribution is 2.28. The number of ether oxygens (including phenoxy) is 1. The summed E-state index contributed by atoms with van der Waals surface area (Å²) < 4.78 is 30.6. The van der Waals surface area contributed by atoms with Gasteiger partial charge in [0, 0.05) is 11.6 Å². The van der Waals surface area contributed by atoms with Crippen molar-refractivity contribution >= 4 is 33.3 Å². The molecule has 0 fully saturated rings. The second-order valence-corrected chi connectivity index (χ2v) is 9.24. The monoisotopic (exact) mass is 463 g/mol. The maximum absolute atomic E-state index is 12.9. The predicted octanol–water partition coefficient (Wildman–Crippen LogP) is 3.09. The molecule has 32 heavy (non-hydrogen) atoms. The van der Waals surface area contributed by atoms with Gasteiger partial charge in [-0.25, -0.2) is 8.42 Å². The number of nitro benzene ring substituents is 1. The van der Waals surface area contributed by atoms with Gasteiger partial charge in [-0.3, -0.25) is 24.4 Å². The van der Waals surface area contributed by atoms with E-state index >= 15 is 0 Å². The number of aryl methyl sites for hydroxylation is 1. The third-order valence-corrected chi connectivity index (χ3v) is 4.94. The Kier molecular flexibility index (Phi) is 7.92. The summed E-state index contributed by atoms with van der Waals surface area (Å²) in [4.78, 5) is 36.1. The number of rotatable bonds is 9. The average Bonchev–Trinajstić information content (AvgIpc) is 2.67. The van der Waals surface area contributed by atoms with Gasteiger partial charge in [-0.15, -0.1) is 0 Å². The van der Waals surface area contributed by atoms with Crippen LogP contribution in [0, 0.1) is 17.0 Å². The van der Waals surface area contributed by atoms with E-state index in [4.69, 9.17) is 4.74 Å². The number of esters is 1. The fourth-order valence-electron chi connectivity index (χ4n) is 2.98. The van der Waals surface area contributed by atoms with Crippen LogP contribution in [-0.4, -0.2) is 37.6 Å². The lowest BCUT2D eigenvalue weighted by molar-refractivity contribution is -0.385. The molecular formula is C21H25N3O7S. The number of hydrogen-bond donors (Lipinski definition) is 2. The summed E-state index contributed by atoms with van der Waals surface area (Å²) in [5, 5.41) is 14.1. The molecule has 172 valence electrons. The number of carbonyl (C=O) groups excluding carboxylic acids is 2. The SMILES string of the molecule is Cc1ccc(C(=O)NC(CC(=O)OC(C)C)c2ccccc2[N+](=O)[O-])cc1NS(C)(=O)=O. The standard InChI is InChI=1S/C21H25N3O7S/c1-13(2)31-20(25)12-18(16-7-5-6-8-19(16)24(27)28)22-21(26)15-10-9-14(3)17(11-15)23-32(4,29)30/h5-11,13,18,23H,12H2,1-4H3,(H,22,26). The first kappa shape index (κ1) is 24.8. The fourth-order valence-corrected chi connectivity index (χ4v) is 3.60. The molecule has 11 heteroatoms. The van der Waals surface area contributed by atoms with Crippen LogP contribution in [0.4, 0.5) is 11.4 Å². The van der Waals surface area contributed by atoms with Gasteiger partial charge in [0.25, 0.3) is 11.6 Å². The zero-order valence-electron chi connectivity index (χ0n) is 18.1. The summed E-state index contributed by atoms with van der Waals surface area (Å²) in [6.45, 7) is 5.01. The molecule has 0 aliphatic heterocycles. The summed E-state index contributed by atoms with van der Waals surface area (Å²) in [5.41, 5.74) is 0.832. The Morgan fingerprint density at radius 2 is 1.81 bits per heavy atom. The molecule has 10 nitrogen and oxygen atoms in total. The molecule has 0 aliphatic carbocycles. The highest BCUT2D eigenvalue weighted by molar-refractivity contribution is 7.92. The van der Waals surface area contributed by atoms with Crippen molar-refractivity contribution in [1.29, 1.82) is 0 Å². The van der Waals surface area contributed by atoms with Crippen LogP contribution >= 0.6 is 0 Å². The molecule has 1 unspecified atom stereocenters. The minimum absolute atomic E-state index is 0.113. The zero-order valence-corrected chi connectivity index (χ0v) is 18.9. The Morgan fingerprint density at radius 1 is 1.16 bits per heavy atom. The van der Waals surface area contributed by atoms with Gasteiger partial charge in [0.1, 0.15) is 0 Å². The third-order valence-electron chi connectivity index (χ3n) is 4.35. The van der Waals surface area contributed by atoms with E-state index in [9.17, 15) is 28.1 Å². The number of sulfonamides is 1. The van der Waals surface area contributed by atoms with E-state index in [0.717, 1.165) is 6.26 Å². The van der Waals surface area contributed by atoms with E-state index < -0.39 is 39.0 Å². The van der Waals surface area contributed by atoms with Gasteiger partial charge < -0.3 is 10.1 Å². The first-order chi connectivity index (χ1) is 14.9. The molecular weight excluding hydrogens is 438 g/mol. The zero-order chi connectivity index (χ0) is 24.1. The van der Waals surface area contributed by atoms with E-state index in [1.807, 2.05) is 0 Å². The van der Waals surface area contributed by atoms with Crippen LogP contribution in [0.2, 0.25) is 0 Å². The molecule has 0 radical (unpaired) electrons. The molecule has 1 atom stereocenters. The Hall–Kier alpha value is -3.47. The van der Waals surface area contributed by atoms with Crippen molar-refractivity contribution in [3.63, 3.8) is 0 Å². The van der Waals surface area contributed by atoms with Gasteiger partial charge in [0.2, 0.25) is 10.0 Å². The van der Waals surface area contributed by atoms with Gasteiger partial charge in [-0.2, -0.15) is 0 Å². The number of carbonyl (C=O) groups is 2. The average molecular weight is 464 g/mol. The van der Waals surface area contributed by atoms with Gasteiger partial charge in [-0.05, 0) is 38.5 Å². The summed E-state index contributed by atoms with van der Waals surface area (Å²) in [6.07, 6.45) is 0.269. The number of anilines is 1. The van der Waals surface area contributed by atoms with Crippen molar-refractivity contribution in [1.82, 2.24) is 5.32 Å². The fraction of sp³-hybridized carbons (Fsp3) is 0.333. The number of nitro groups is 1. The molecule has 2 N–H and O–H groups in total. The number of hydrogen-bond acceptors (Lipinski definition) is 7. The largest absolute Gasteiger partial charge is 0.463 e. The molecule has 1 amide bonds. The molecule has 2 aromatic rings. The Morgan fingerprint density at radius 3 is 2.41 bits per heavy atom. The van der Waals surface area contributed by atoms with Gasteiger partial charge in [-0.1, -0.05) is 24.3 Å². The van der Waals surface area contributed by atoms with Crippen LogP contribution in [0.1, 0.15) is 47.8 Å². The molecule has 0 saturated heterocycles. The molecule has 0 heterocycles. The maximum atomic E-state index is 12.9. The van der Waals surface area contributed by atoms with Gasteiger partial charge >= 0.3 is 5.97 Å². The van der Waals surface area contributed by atoms with E-state index in [1.165, 1.54) is 30.3 Å². The number of benzene rings is 2. The van der Waals surface area contributed by atoms with E-state index in [-0.39, 0.29) is 28.9 Å². The van der Waals surface area contributed by atoms with Crippen molar-refractivity contribution < 1.29 is 27.7 Å². The van der Waals surface area contributed by atoms with Gasteiger partial charge in [0.05, 0.1) is 41.0 Å². The predicted molar refractivity (Wildman–Crippen MR) is 119 cm³/mol. The van der Waals surface area contributed by atoms with Crippen LogP contribution in [-0.2, 0) is 19.6 Å². The molecule has 2 aromatic carbocycles. The van der Waals surface area contributed by atoms with Crippen LogP contribution in [0.25, 0.3) is 0 Å². The lowest BCUT2D eigenvalue weighted by Gasteiger charge is -2.20. The van der Waals surface area contributed by atoms with E-state index in [2.05, 4.69) is 10.0 Å². The Bertz CT molecular complexity index is 1130. The van der Waals surface area contributed by atoms with Crippen molar-refractivity contribution in [3.05, 3.63) is 69.3 Å². The van der Waals surface area contributed by atoms with Crippen molar-refractivity contribution in [2.24, 2.45) is 0 Å². The lowest BCUT2D eigenvalue weighted by Crippen LogP contribution is -2.31. The van der Waals surface area contributed by atoms with Crippen molar-refractivity contribution in [2.75, 3.05) is 11.0 Å². The minimum Gasteiger partial charge on any atom is -0.463 e. The summed E-state index contributed by atoms with van der Waals surface area (Å²) in [5.74, 6) is -1.27. The first-order valence-corrected chi connectivity index (χ1v) is 11.6. The second kappa shape index (κ2) is 10.2. The Balaban J connectivity index is 2.39. The second-order valence-electron chi connectivity index (χ2n) is 7.49. The molecule has 0 saturated carbocycles. The number of nitrogens with zero attached hydrogens (tertiary/aromatic N) is 1. The molecule has 0 bridgehead atoms. The van der Waals surface area contributed by atoms with Crippen molar-refractivity contribution in [2.45, 2.75) is 39.3 Å². The quantitative estimate of drug-likeness (QED) is 0.330. The first-order valence-electron chi connectivity index (χ1n) is 9.69. The number of para-hydroxylation sites is 1. The minimum atomic E-state index is -3.57. The van der Waals surface area contributed by atoms with Gasteiger partial charge in [0.15, 0.2) is 0 Å². The van der Waals surface area contributed by atoms with E-state index in [0.29, 0.717) is 5.56 Å².